The highest BCUT2D eigenvalue weighted by Gasteiger charge is 2.49. The van der Waals surface area contributed by atoms with Gasteiger partial charge >= 0.3 is 27.7 Å². The van der Waals surface area contributed by atoms with Crippen LogP contribution in [0.2, 0.25) is 0 Å². The molecule has 1 amide bonds. The maximum Gasteiger partial charge on any atom is 0.534 e. The van der Waals surface area contributed by atoms with Gasteiger partial charge in [-0.1, -0.05) is 30.3 Å². The second-order valence-corrected chi connectivity index (χ2v) is 9.07. The third-order valence-electron chi connectivity index (χ3n) is 5.25. The van der Waals surface area contributed by atoms with Gasteiger partial charge in [0.15, 0.2) is 5.75 Å². The number of likely N-dealkylation sites (tertiary alicyclic amines) is 1. The molecule has 35 heavy (non-hydrogen) atoms. The van der Waals surface area contributed by atoms with Crippen LogP contribution in [0, 0.1) is 0 Å². The van der Waals surface area contributed by atoms with E-state index in [1.165, 1.54) is 4.90 Å². The zero-order chi connectivity index (χ0) is 25.8. The van der Waals surface area contributed by atoms with Crippen LogP contribution >= 0.6 is 0 Å². The van der Waals surface area contributed by atoms with E-state index in [4.69, 9.17) is 4.74 Å². The van der Waals surface area contributed by atoms with Crippen molar-refractivity contribution in [2.45, 2.75) is 31.0 Å². The van der Waals surface area contributed by atoms with Gasteiger partial charge in [-0.2, -0.15) is 21.6 Å². The molecule has 1 aromatic heterocycles. The number of esters is 1. The van der Waals surface area contributed by atoms with Gasteiger partial charge < -0.3 is 23.1 Å². The van der Waals surface area contributed by atoms with E-state index in [2.05, 4.69) is 8.92 Å². The zero-order valence-corrected chi connectivity index (χ0v) is 19.2. The normalized spacial score (nSPS) is 14.9. The molecular weight excluding hydrogens is 497 g/mol. The summed E-state index contributed by atoms with van der Waals surface area (Å²) in [4.78, 5) is 38.4. The summed E-state index contributed by atoms with van der Waals surface area (Å²) in [5.41, 5.74) is -6.52. The average molecular weight is 518 g/mol. The average Bonchev–Trinajstić information content (AvgIpc) is 2.82. The van der Waals surface area contributed by atoms with E-state index in [0.29, 0.717) is 6.07 Å². The fourth-order valence-electron chi connectivity index (χ4n) is 3.45. The molecule has 1 aliphatic rings. The molecule has 0 spiro atoms. The van der Waals surface area contributed by atoms with Gasteiger partial charge in [0.1, 0.15) is 12.2 Å². The number of hydrogen-bond acceptors (Lipinski definition) is 8. The smallest absolute Gasteiger partial charge is 0.465 e. The van der Waals surface area contributed by atoms with E-state index in [-0.39, 0.29) is 32.5 Å². The van der Waals surface area contributed by atoms with Crippen LogP contribution in [0.4, 0.5) is 18.0 Å². The number of pyridine rings is 1. The van der Waals surface area contributed by atoms with Crippen LogP contribution < -0.4 is 9.74 Å². The van der Waals surface area contributed by atoms with Crippen molar-refractivity contribution < 1.29 is 44.8 Å². The predicted octanol–water partition coefficient (Wildman–Crippen LogP) is 2.84. The molecule has 1 aliphatic heterocycles. The van der Waals surface area contributed by atoms with Gasteiger partial charge in [0, 0.05) is 31.4 Å². The molecule has 0 aliphatic carbocycles. The monoisotopic (exact) mass is 518 g/mol. The van der Waals surface area contributed by atoms with Gasteiger partial charge in [0.2, 0.25) is 0 Å². The zero-order valence-electron chi connectivity index (χ0n) is 18.4. The molecule has 1 fully saturated rings. The Bertz CT molecular complexity index is 1240. The summed E-state index contributed by atoms with van der Waals surface area (Å²) in [6, 6.07) is 9.01. The number of halogens is 3. The number of benzene rings is 1. The largest absolute Gasteiger partial charge is 0.534 e. The molecule has 0 radical (unpaired) electrons. The van der Waals surface area contributed by atoms with Crippen LogP contribution in [0.25, 0.3) is 0 Å². The SMILES string of the molecule is COC(=O)c1cn(C2CCN(C(=O)OCc3ccccc3)CC2)c(=O)cc1OS(=O)(=O)C(F)(F)F. The first-order chi connectivity index (χ1) is 16.4. The number of nitrogens with zero attached hydrogens (tertiary/aromatic N) is 2. The van der Waals surface area contributed by atoms with Gasteiger partial charge in [-0.05, 0) is 18.4 Å². The number of carbonyl (C=O) groups is 2. The van der Waals surface area contributed by atoms with E-state index in [0.717, 1.165) is 23.4 Å². The Morgan fingerprint density at radius 3 is 2.31 bits per heavy atom. The standard InChI is InChI=1S/C21H21F3N2O8S/c1-32-19(28)16-12-26(18(27)11-17(16)34-35(30,31)21(22,23)24)15-7-9-25(10-8-15)20(29)33-13-14-5-3-2-4-6-14/h2-6,11-12,15H,7-10,13H2,1H3. The summed E-state index contributed by atoms with van der Waals surface area (Å²) in [5, 5.41) is 0. The first-order valence-electron chi connectivity index (χ1n) is 10.2. The highest BCUT2D eigenvalue weighted by molar-refractivity contribution is 7.88. The van der Waals surface area contributed by atoms with Crippen molar-refractivity contribution in [2.75, 3.05) is 20.2 Å². The lowest BCUT2D eigenvalue weighted by molar-refractivity contribution is -0.0500. The van der Waals surface area contributed by atoms with Crippen LogP contribution in [0.3, 0.4) is 0 Å². The number of piperidine rings is 1. The summed E-state index contributed by atoms with van der Waals surface area (Å²) in [7, 11) is -5.20. The molecule has 0 atom stereocenters. The number of rotatable bonds is 6. The molecule has 1 saturated heterocycles. The Morgan fingerprint density at radius 1 is 1.11 bits per heavy atom. The van der Waals surface area contributed by atoms with Gasteiger partial charge in [0.25, 0.3) is 5.56 Å². The minimum absolute atomic E-state index is 0.0871. The summed E-state index contributed by atoms with van der Waals surface area (Å²) in [6.07, 6.45) is 0.879. The topological polar surface area (TPSA) is 121 Å². The maximum absolute atomic E-state index is 12.7. The van der Waals surface area contributed by atoms with Gasteiger partial charge in [-0.15, -0.1) is 0 Å². The molecule has 2 aromatic rings. The molecule has 0 unspecified atom stereocenters. The van der Waals surface area contributed by atoms with Gasteiger partial charge in [-0.25, -0.2) is 9.59 Å². The minimum atomic E-state index is -6.13. The number of hydrogen-bond donors (Lipinski definition) is 0. The lowest BCUT2D eigenvalue weighted by Gasteiger charge is -2.32. The van der Waals surface area contributed by atoms with Crippen LogP contribution in [0.5, 0.6) is 5.75 Å². The molecular formula is C21H21F3N2O8S. The fraction of sp³-hybridized carbons (Fsp3) is 0.381. The summed E-state index contributed by atoms with van der Waals surface area (Å²) in [5.74, 6) is -2.30. The van der Waals surface area contributed by atoms with Crippen molar-refractivity contribution in [2.24, 2.45) is 0 Å². The molecule has 0 N–H and O–H groups in total. The summed E-state index contributed by atoms with van der Waals surface area (Å²) in [6.45, 7) is 0.502. The van der Waals surface area contributed by atoms with Crippen LogP contribution in [0.1, 0.15) is 34.8 Å². The summed E-state index contributed by atoms with van der Waals surface area (Å²) < 4.78 is 75.7. The fourth-order valence-corrected chi connectivity index (χ4v) is 3.92. The first-order valence-corrected chi connectivity index (χ1v) is 11.6. The lowest BCUT2D eigenvalue weighted by Crippen LogP contribution is -2.41. The predicted molar refractivity (Wildman–Crippen MR) is 114 cm³/mol. The van der Waals surface area contributed by atoms with E-state index in [1.807, 2.05) is 18.2 Å². The lowest BCUT2D eigenvalue weighted by atomic mass is 10.0. The first kappa shape index (κ1) is 26.1. The summed E-state index contributed by atoms with van der Waals surface area (Å²) >= 11 is 0. The molecule has 0 bridgehead atoms. The quantitative estimate of drug-likeness (QED) is 0.325. The van der Waals surface area contributed by atoms with Crippen LogP contribution in [-0.4, -0.2) is 55.7 Å². The molecule has 14 heteroatoms. The third-order valence-corrected chi connectivity index (χ3v) is 6.22. The molecule has 2 heterocycles. The second kappa shape index (κ2) is 10.4. The molecule has 10 nitrogen and oxygen atoms in total. The van der Waals surface area contributed by atoms with E-state index >= 15 is 0 Å². The third kappa shape index (κ3) is 6.12. The Hall–Kier alpha value is -3.55. The molecule has 190 valence electrons. The Balaban J connectivity index is 1.74. The van der Waals surface area contributed by atoms with Crippen molar-refractivity contribution in [3.05, 3.63) is 64.1 Å². The Kier molecular flexibility index (Phi) is 7.73. The van der Waals surface area contributed by atoms with Gasteiger partial charge in [0.05, 0.1) is 7.11 Å². The van der Waals surface area contributed by atoms with Crippen LogP contribution in [-0.2, 0) is 26.2 Å². The number of carbonyl (C=O) groups excluding carboxylic acids is 2. The number of ether oxygens (including phenoxy) is 2. The Labute approximate surface area is 197 Å². The van der Waals surface area contributed by atoms with Crippen LogP contribution in [0.15, 0.2) is 47.4 Å². The number of amides is 1. The number of alkyl halides is 3. The highest BCUT2D eigenvalue weighted by atomic mass is 32.2. The maximum atomic E-state index is 12.7. The van der Waals surface area contributed by atoms with Crippen molar-refractivity contribution in [1.29, 1.82) is 0 Å². The van der Waals surface area contributed by atoms with E-state index < -0.39 is 50.6 Å². The highest BCUT2D eigenvalue weighted by Crippen LogP contribution is 2.30. The molecule has 0 saturated carbocycles. The minimum Gasteiger partial charge on any atom is -0.465 e. The van der Waals surface area contributed by atoms with E-state index in [9.17, 15) is 36.0 Å². The van der Waals surface area contributed by atoms with Crippen molar-refractivity contribution in [3.8, 4) is 5.75 Å². The molecule has 1 aromatic carbocycles. The van der Waals surface area contributed by atoms with E-state index in [1.54, 1.807) is 12.1 Å². The Morgan fingerprint density at radius 2 is 1.74 bits per heavy atom. The number of methoxy groups -OCH3 is 1. The number of aromatic nitrogens is 1. The van der Waals surface area contributed by atoms with Crippen molar-refractivity contribution in [3.63, 3.8) is 0 Å². The van der Waals surface area contributed by atoms with Crippen molar-refractivity contribution >= 4 is 22.2 Å². The molecule has 3 rings (SSSR count). The van der Waals surface area contributed by atoms with Gasteiger partial charge in [-0.3, -0.25) is 4.79 Å². The van der Waals surface area contributed by atoms with Crippen molar-refractivity contribution in [1.82, 2.24) is 9.47 Å². The second-order valence-electron chi connectivity index (χ2n) is 7.53.